The van der Waals surface area contributed by atoms with Gasteiger partial charge in [0.1, 0.15) is 17.9 Å². The molecule has 0 spiro atoms. The molecule has 3 aromatic carbocycles. The number of carbonyl (C=O) groups excluding carboxylic acids is 3. The minimum Gasteiger partial charge on any atom is -0.488 e. The van der Waals surface area contributed by atoms with Gasteiger partial charge in [0.25, 0.3) is 11.8 Å². The zero-order valence-electron chi connectivity index (χ0n) is 18.4. The summed E-state index contributed by atoms with van der Waals surface area (Å²) in [6.45, 7) is 4.00. The van der Waals surface area contributed by atoms with Crippen molar-refractivity contribution in [1.82, 2.24) is 5.32 Å². The summed E-state index contributed by atoms with van der Waals surface area (Å²) in [6.07, 6.45) is 1.45. The van der Waals surface area contributed by atoms with Crippen LogP contribution in [0.5, 0.6) is 5.75 Å². The van der Waals surface area contributed by atoms with Gasteiger partial charge in [-0.05, 0) is 76.8 Å². The lowest BCUT2D eigenvalue weighted by Gasteiger charge is -2.28. The second-order valence-corrected chi connectivity index (χ2v) is 9.01. The van der Waals surface area contributed by atoms with Crippen LogP contribution in [0.25, 0.3) is 6.08 Å². The minimum atomic E-state index is -0.773. The lowest BCUT2D eigenvalue weighted by molar-refractivity contribution is -0.122. The number of benzene rings is 3. The Morgan fingerprint density at radius 1 is 1.03 bits per heavy atom. The number of nitrogens with one attached hydrogen (secondary N) is 1. The summed E-state index contributed by atoms with van der Waals surface area (Å²) < 4.78 is 6.49. The topological polar surface area (TPSA) is 75.7 Å². The highest BCUT2D eigenvalue weighted by molar-refractivity contribution is 9.10. The van der Waals surface area contributed by atoms with E-state index >= 15 is 0 Å². The first-order valence-electron chi connectivity index (χ1n) is 10.4. The van der Waals surface area contributed by atoms with E-state index < -0.39 is 17.8 Å². The summed E-state index contributed by atoms with van der Waals surface area (Å²) >= 11 is 9.65. The van der Waals surface area contributed by atoms with Crippen LogP contribution in [0.2, 0.25) is 5.02 Å². The Kier molecular flexibility index (Phi) is 6.86. The molecule has 1 fully saturated rings. The van der Waals surface area contributed by atoms with Crippen molar-refractivity contribution in [3.8, 4) is 5.75 Å². The van der Waals surface area contributed by atoms with Gasteiger partial charge in [0.05, 0.1) is 10.2 Å². The van der Waals surface area contributed by atoms with Crippen LogP contribution in [0, 0.1) is 13.8 Å². The van der Waals surface area contributed by atoms with Crippen molar-refractivity contribution in [2.24, 2.45) is 0 Å². The van der Waals surface area contributed by atoms with E-state index in [1.165, 1.54) is 6.08 Å². The molecular formula is C26H20BrClN2O4. The van der Waals surface area contributed by atoms with Crippen LogP contribution in [0.3, 0.4) is 0 Å². The van der Waals surface area contributed by atoms with Crippen LogP contribution in [0.15, 0.2) is 70.7 Å². The highest BCUT2D eigenvalue weighted by atomic mass is 79.9. The molecule has 0 aliphatic carbocycles. The molecule has 3 aromatic rings. The molecule has 0 bridgehead atoms. The SMILES string of the molecule is Cc1cccc(N2C(=O)NC(=O)/C(=C\c3ccc(OCc4ccccc4Cl)c(Br)c3)C2=O)c1C. The predicted molar refractivity (Wildman–Crippen MR) is 135 cm³/mol. The Balaban J connectivity index is 1.60. The highest BCUT2D eigenvalue weighted by Gasteiger charge is 2.37. The average molecular weight is 540 g/mol. The van der Waals surface area contributed by atoms with E-state index in [0.717, 1.165) is 21.6 Å². The maximum atomic E-state index is 13.2. The number of nitrogens with zero attached hydrogens (tertiary/aromatic N) is 1. The highest BCUT2D eigenvalue weighted by Crippen LogP contribution is 2.30. The summed E-state index contributed by atoms with van der Waals surface area (Å²) in [5, 5.41) is 2.87. The van der Waals surface area contributed by atoms with Gasteiger partial charge in [-0.2, -0.15) is 0 Å². The van der Waals surface area contributed by atoms with Crippen LogP contribution in [0.1, 0.15) is 22.3 Å². The van der Waals surface area contributed by atoms with Gasteiger partial charge in [0.2, 0.25) is 0 Å². The molecule has 34 heavy (non-hydrogen) atoms. The number of barbiturate groups is 1. The molecule has 0 atom stereocenters. The van der Waals surface area contributed by atoms with Crippen LogP contribution < -0.4 is 15.0 Å². The average Bonchev–Trinajstić information content (AvgIpc) is 2.79. The van der Waals surface area contributed by atoms with Gasteiger partial charge < -0.3 is 4.74 Å². The number of hydrogen-bond donors (Lipinski definition) is 1. The molecule has 1 aliphatic rings. The molecule has 0 unspecified atom stereocenters. The monoisotopic (exact) mass is 538 g/mol. The molecule has 4 rings (SSSR count). The van der Waals surface area contributed by atoms with Gasteiger partial charge in [-0.3, -0.25) is 14.9 Å². The van der Waals surface area contributed by atoms with Gasteiger partial charge in [-0.1, -0.05) is 48.0 Å². The van der Waals surface area contributed by atoms with Crippen molar-refractivity contribution in [1.29, 1.82) is 0 Å². The number of carbonyl (C=O) groups is 3. The van der Waals surface area contributed by atoms with Crippen molar-refractivity contribution in [3.63, 3.8) is 0 Å². The number of imide groups is 2. The van der Waals surface area contributed by atoms with E-state index in [2.05, 4.69) is 21.2 Å². The van der Waals surface area contributed by atoms with Crippen molar-refractivity contribution in [2.75, 3.05) is 4.90 Å². The molecule has 1 aliphatic heterocycles. The van der Waals surface area contributed by atoms with E-state index in [-0.39, 0.29) is 12.2 Å². The smallest absolute Gasteiger partial charge is 0.335 e. The summed E-state index contributed by atoms with van der Waals surface area (Å²) in [6, 6.07) is 17.1. The second-order valence-electron chi connectivity index (χ2n) is 7.75. The Morgan fingerprint density at radius 2 is 1.79 bits per heavy atom. The van der Waals surface area contributed by atoms with Crippen LogP contribution in [0.4, 0.5) is 10.5 Å². The molecule has 8 heteroatoms. The molecule has 4 amide bonds. The maximum absolute atomic E-state index is 13.2. The fourth-order valence-electron chi connectivity index (χ4n) is 3.52. The number of hydrogen-bond acceptors (Lipinski definition) is 4. The molecule has 0 aromatic heterocycles. The number of aryl methyl sites for hydroxylation is 1. The molecule has 0 radical (unpaired) electrons. The summed E-state index contributed by atoms with van der Waals surface area (Å²) in [5.74, 6) is -0.849. The molecule has 6 nitrogen and oxygen atoms in total. The van der Waals surface area contributed by atoms with Crippen LogP contribution >= 0.6 is 27.5 Å². The zero-order valence-corrected chi connectivity index (χ0v) is 20.7. The van der Waals surface area contributed by atoms with Crippen LogP contribution in [-0.2, 0) is 16.2 Å². The fraction of sp³-hybridized carbons (Fsp3) is 0.115. The van der Waals surface area contributed by atoms with Gasteiger partial charge in [0.15, 0.2) is 0 Å². The Hall–Kier alpha value is -3.42. The number of anilines is 1. The first-order chi connectivity index (χ1) is 16.3. The maximum Gasteiger partial charge on any atom is 0.335 e. The second kappa shape index (κ2) is 9.83. The van der Waals surface area contributed by atoms with Crippen LogP contribution in [-0.4, -0.2) is 17.8 Å². The first-order valence-corrected chi connectivity index (χ1v) is 11.6. The summed E-state index contributed by atoms with van der Waals surface area (Å²) in [4.78, 5) is 39.2. The number of ether oxygens (including phenoxy) is 1. The fourth-order valence-corrected chi connectivity index (χ4v) is 4.22. The van der Waals surface area contributed by atoms with Crippen molar-refractivity contribution < 1.29 is 19.1 Å². The lowest BCUT2D eigenvalue weighted by atomic mass is 10.0. The predicted octanol–water partition coefficient (Wildman–Crippen LogP) is 5.96. The number of urea groups is 1. The lowest BCUT2D eigenvalue weighted by Crippen LogP contribution is -2.54. The zero-order chi connectivity index (χ0) is 24.4. The third-order valence-corrected chi connectivity index (χ3v) is 6.52. The van der Waals surface area contributed by atoms with Gasteiger partial charge in [-0.15, -0.1) is 0 Å². The number of rotatable bonds is 5. The molecule has 0 saturated carbocycles. The molecule has 1 heterocycles. The van der Waals surface area contributed by atoms with E-state index in [1.807, 2.05) is 38.1 Å². The van der Waals surface area contributed by atoms with Gasteiger partial charge in [-0.25, -0.2) is 9.69 Å². The Morgan fingerprint density at radius 3 is 2.53 bits per heavy atom. The van der Waals surface area contributed by atoms with Crippen molar-refractivity contribution in [3.05, 3.63) is 98.0 Å². The molecule has 1 saturated heterocycles. The third-order valence-electron chi connectivity index (χ3n) is 5.53. The Labute approximate surface area is 210 Å². The molecule has 1 N–H and O–H groups in total. The van der Waals surface area contributed by atoms with Gasteiger partial charge >= 0.3 is 6.03 Å². The molecule has 172 valence electrons. The third kappa shape index (κ3) is 4.76. The first kappa shape index (κ1) is 23.7. The van der Waals surface area contributed by atoms with E-state index in [9.17, 15) is 14.4 Å². The minimum absolute atomic E-state index is 0.142. The normalized spacial score (nSPS) is 15.0. The summed E-state index contributed by atoms with van der Waals surface area (Å²) in [5.41, 5.74) is 3.44. The standard InChI is InChI=1S/C26H20BrClN2O4/c1-15-6-5-9-22(16(15)2)30-25(32)19(24(31)29-26(30)33)12-17-10-11-23(20(27)13-17)34-14-18-7-3-4-8-21(18)28/h3-13H,14H2,1-2H3,(H,29,31,33)/b19-12+. The van der Waals surface area contributed by atoms with E-state index in [4.69, 9.17) is 16.3 Å². The van der Waals surface area contributed by atoms with Gasteiger partial charge in [0, 0.05) is 10.6 Å². The van der Waals surface area contributed by atoms with E-state index in [1.54, 1.807) is 36.4 Å². The largest absolute Gasteiger partial charge is 0.488 e. The number of halogens is 2. The van der Waals surface area contributed by atoms with Crippen molar-refractivity contribution in [2.45, 2.75) is 20.5 Å². The Bertz CT molecular complexity index is 1350. The summed E-state index contributed by atoms with van der Waals surface area (Å²) in [7, 11) is 0. The number of amides is 4. The van der Waals surface area contributed by atoms with E-state index in [0.29, 0.717) is 26.5 Å². The van der Waals surface area contributed by atoms with Crippen molar-refractivity contribution >= 4 is 57.1 Å². The quantitative estimate of drug-likeness (QED) is 0.320. The molecular weight excluding hydrogens is 520 g/mol.